The van der Waals surface area contributed by atoms with Crippen LogP contribution in [0.25, 0.3) is 10.2 Å². The van der Waals surface area contributed by atoms with Gasteiger partial charge in [-0.15, -0.1) is 0 Å². The lowest BCUT2D eigenvalue weighted by atomic mass is 9.47. The van der Waals surface area contributed by atoms with Gasteiger partial charge in [0.1, 0.15) is 5.75 Å². The maximum Gasteiger partial charge on any atom is 0.273 e. The molecule has 2 unspecified atom stereocenters. The van der Waals surface area contributed by atoms with Crippen molar-refractivity contribution in [1.29, 1.82) is 0 Å². The number of benzene rings is 4. The Balaban J connectivity index is 1.31. The van der Waals surface area contributed by atoms with Crippen molar-refractivity contribution in [2.45, 2.75) is 11.3 Å². The maximum absolute atomic E-state index is 14.6. The summed E-state index contributed by atoms with van der Waals surface area (Å²) in [6.07, 6.45) is 1.76. The minimum Gasteiger partial charge on any atom is -0.494 e. The van der Waals surface area contributed by atoms with Crippen LogP contribution in [0.5, 0.6) is 5.75 Å². The molecule has 5 aromatic rings. The Morgan fingerprint density at radius 2 is 1.66 bits per heavy atom. The van der Waals surface area contributed by atoms with Crippen LogP contribution in [0.1, 0.15) is 28.2 Å². The first-order chi connectivity index (χ1) is 21.4. The van der Waals surface area contributed by atoms with Crippen molar-refractivity contribution < 1.29 is 19.2 Å². The molecule has 1 aliphatic heterocycles. The lowest BCUT2D eigenvalue weighted by Gasteiger charge is -2.52. The number of thiazole rings is 1. The summed E-state index contributed by atoms with van der Waals surface area (Å²) in [5.74, 6) is -2.61. The third-order valence-corrected chi connectivity index (χ3v) is 9.96. The first kappa shape index (κ1) is 26.2. The van der Waals surface area contributed by atoms with Crippen molar-refractivity contribution in [2.75, 3.05) is 17.4 Å². The van der Waals surface area contributed by atoms with Crippen LogP contribution in [0.15, 0.2) is 96.1 Å². The molecule has 44 heavy (non-hydrogen) atoms. The number of nitro benzene ring substituents is 1. The standard InChI is InChI=1S/C33H23N5O5S/c1-43-25-16-18(38(41)42)14-15-24(25)37-30(39)28-27-19-8-2-4-10-21(19)33(29(28)31(37)40,22-11-5-3-9-20(22)27)17-34-36-32-35-23-12-6-7-13-26(23)44-32/h2-17,27-29H,1H3,(H,35,36)/b34-17+. The van der Waals surface area contributed by atoms with Crippen LogP contribution in [0.2, 0.25) is 0 Å². The van der Waals surface area contributed by atoms with Gasteiger partial charge in [-0.2, -0.15) is 5.10 Å². The number of hydrogen-bond acceptors (Lipinski definition) is 9. The molecule has 1 N–H and O–H groups in total. The second-order valence-corrected chi connectivity index (χ2v) is 12.0. The third kappa shape index (κ3) is 3.47. The second-order valence-electron chi connectivity index (χ2n) is 11.0. The van der Waals surface area contributed by atoms with Crippen LogP contribution in [-0.2, 0) is 15.0 Å². The van der Waals surface area contributed by atoms with Gasteiger partial charge in [0.05, 0.1) is 51.3 Å². The molecule has 216 valence electrons. The van der Waals surface area contributed by atoms with Crippen LogP contribution in [0, 0.1) is 22.0 Å². The Labute approximate surface area is 254 Å². The summed E-state index contributed by atoms with van der Waals surface area (Å²) < 4.78 is 6.48. The fourth-order valence-electron chi connectivity index (χ4n) is 7.36. The quantitative estimate of drug-likeness (QED) is 0.112. The molecule has 3 aliphatic carbocycles. The SMILES string of the molecule is COc1cc([N+](=O)[O-])ccc1N1C(=O)C2C3c4ccccc4C(/C=N/Nc4nc5ccccc5s4)(c4ccccc43)C2C1=O. The number of non-ortho nitro benzene ring substituents is 1. The highest BCUT2D eigenvalue weighted by molar-refractivity contribution is 7.22. The van der Waals surface area contributed by atoms with Gasteiger partial charge in [0.25, 0.3) is 5.69 Å². The van der Waals surface area contributed by atoms with E-state index in [0.29, 0.717) is 5.13 Å². The molecule has 2 bridgehead atoms. The summed E-state index contributed by atoms with van der Waals surface area (Å²) in [4.78, 5) is 45.7. The second kappa shape index (κ2) is 9.55. The molecule has 11 heteroatoms. The van der Waals surface area contributed by atoms with Crippen LogP contribution in [0.4, 0.5) is 16.5 Å². The topological polar surface area (TPSA) is 127 Å². The number of carbonyl (C=O) groups is 2. The lowest BCUT2D eigenvalue weighted by Crippen LogP contribution is -2.54. The number of imide groups is 1. The summed E-state index contributed by atoms with van der Waals surface area (Å²) in [5, 5.41) is 16.8. The maximum atomic E-state index is 14.6. The van der Waals surface area contributed by atoms with Gasteiger partial charge in [0, 0.05) is 18.2 Å². The molecule has 0 radical (unpaired) electrons. The zero-order valence-corrected chi connectivity index (χ0v) is 24.0. The molecular formula is C33H23N5O5S. The summed E-state index contributed by atoms with van der Waals surface area (Å²) in [5.41, 5.74) is 6.61. The summed E-state index contributed by atoms with van der Waals surface area (Å²) in [7, 11) is 1.36. The van der Waals surface area contributed by atoms with E-state index in [4.69, 9.17) is 9.84 Å². The number of nitro groups is 1. The zero-order chi connectivity index (χ0) is 30.2. The van der Waals surface area contributed by atoms with Crippen molar-refractivity contribution >= 4 is 56.1 Å². The number of para-hydroxylation sites is 1. The fourth-order valence-corrected chi connectivity index (χ4v) is 8.18. The fraction of sp³-hybridized carbons (Fsp3) is 0.152. The number of carbonyl (C=O) groups excluding carboxylic acids is 2. The molecule has 2 atom stereocenters. The molecule has 10 nitrogen and oxygen atoms in total. The van der Waals surface area contributed by atoms with Crippen LogP contribution in [-0.4, -0.2) is 35.0 Å². The molecule has 4 aromatic carbocycles. The normalized spacial score (nSPS) is 23.1. The molecule has 0 saturated carbocycles. The summed E-state index contributed by atoms with van der Waals surface area (Å²) in [6.45, 7) is 0. The van der Waals surface area contributed by atoms with E-state index in [9.17, 15) is 19.7 Å². The lowest BCUT2D eigenvalue weighted by molar-refractivity contribution is -0.384. The molecular weight excluding hydrogens is 578 g/mol. The van der Waals surface area contributed by atoms with E-state index >= 15 is 0 Å². The minimum atomic E-state index is -1.08. The highest BCUT2D eigenvalue weighted by Gasteiger charge is 2.68. The Morgan fingerprint density at radius 1 is 0.977 bits per heavy atom. The summed E-state index contributed by atoms with van der Waals surface area (Å²) >= 11 is 1.47. The largest absolute Gasteiger partial charge is 0.494 e. The first-order valence-electron chi connectivity index (χ1n) is 14.0. The zero-order valence-electron chi connectivity index (χ0n) is 23.2. The van der Waals surface area contributed by atoms with Gasteiger partial charge in [-0.05, 0) is 40.5 Å². The molecule has 2 amide bonds. The predicted molar refractivity (Wildman–Crippen MR) is 166 cm³/mol. The molecule has 9 rings (SSSR count). The number of nitrogens with one attached hydrogen (secondary N) is 1. The number of hydrogen-bond donors (Lipinski definition) is 1. The van der Waals surface area contributed by atoms with E-state index in [1.54, 1.807) is 6.21 Å². The molecule has 4 aliphatic rings. The minimum absolute atomic E-state index is 0.0714. The number of amides is 2. The van der Waals surface area contributed by atoms with Crippen LogP contribution in [0.3, 0.4) is 0 Å². The number of fused-ring (bicyclic) bond motifs is 1. The van der Waals surface area contributed by atoms with E-state index in [1.165, 1.54) is 36.6 Å². The summed E-state index contributed by atoms with van der Waals surface area (Å²) in [6, 6.07) is 27.5. The highest BCUT2D eigenvalue weighted by atomic mass is 32.1. The van der Waals surface area contributed by atoms with Crippen molar-refractivity contribution in [1.82, 2.24) is 4.98 Å². The van der Waals surface area contributed by atoms with E-state index < -0.39 is 28.1 Å². The third-order valence-electron chi connectivity index (χ3n) is 9.02. The predicted octanol–water partition coefficient (Wildman–Crippen LogP) is 5.86. The monoisotopic (exact) mass is 601 g/mol. The van der Waals surface area contributed by atoms with E-state index in [0.717, 1.165) is 37.4 Å². The Kier molecular flexibility index (Phi) is 5.69. The van der Waals surface area contributed by atoms with Crippen molar-refractivity contribution in [3.63, 3.8) is 0 Å². The van der Waals surface area contributed by atoms with Crippen LogP contribution < -0.4 is 15.1 Å². The number of hydrazone groups is 1. The Morgan fingerprint density at radius 3 is 2.34 bits per heavy atom. The van der Waals surface area contributed by atoms with Gasteiger partial charge in [-0.1, -0.05) is 72.0 Å². The van der Waals surface area contributed by atoms with Gasteiger partial charge in [-0.25, -0.2) is 9.88 Å². The number of nitrogens with zero attached hydrogens (tertiary/aromatic N) is 4. The number of rotatable bonds is 6. The van der Waals surface area contributed by atoms with Crippen molar-refractivity contribution in [2.24, 2.45) is 16.9 Å². The first-order valence-corrected chi connectivity index (χ1v) is 14.8. The Hall–Kier alpha value is -5.42. The van der Waals surface area contributed by atoms with Gasteiger partial charge in [0.15, 0.2) is 0 Å². The highest BCUT2D eigenvalue weighted by Crippen LogP contribution is 2.64. The Bertz CT molecular complexity index is 1990. The van der Waals surface area contributed by atoms with E-state index in [-0.39, 0.29) is 28.9 Å². The van der Waals surface area contributed by atoms with Crippen molar-refractivity contribution in [3.05, 3.63) is 123 Å². The van der Waals surface area contributed by atoms with Crippen LogP contribution >= 0.6 is 11.3 Å². The average molecular weight is 602 g/mol. The number of methoxy groups -OCH3 is 1. The molecule has 1 fully saturated rings. The number of anilines is 2. The average Bonchev–Trinajstić information content (AvgIpc) is 3.58. The van der Waals surface area contributed by atoms with Gasteiger partial charge >= 0.3 is 0 Å². The molecule has 0 spiro atoms. The van der Waals surface area contributed by atoms with E-state index in [2.05, 4.69) is 10.4 Å². The van der Waals surface area contributed by atoms with E-state index in [1.807, 2.05) is 72.8 Å². The molecule has 2 heterocycles. The smallest absolute Gasteiger partial charge is 0.273 e. The van der Waals surface area contributed by atoms with Gasteiger partial charge in [-0.3, -0.25) is 25.1 Å². The van der Waals surface area contributed by atoms with Crippen molar-refractivity contribution in [3.8, 4) is 5.75 Å². The molecule has 1 aromatic heterocycles. The van der Waals surface area contributed by atoms with Gasteiger partial charge < -0.3 is 4.74 Å². The molecule has 1 saturated heterocycles. The van der Waals surface area contributed by atoms with Gasteiger partial charge in [0.2, 0.25) is 16.9 Å². The number of aromatic nitrogens is 1. The number of ether oxygens (including phenoxy) is 1.